The Balaban J connectivity index is 1.94. The highest BCUT2D eigenvalue weighted by Crippen LogP contribution is 2.62. The van der Waals surface area contributed by atoms with Gasteiger partial charge in [-0.25, -0.2) is 0 Å². The van der Waals surface area contributed by atoms with Crippen LogP contribution in [0.4, 0.5) is 0 Å². The normalized spacial score (nSPS) is 43.2. The summed E-state index contributed by atoms with van der Waals surface area (Å²) in [5.41, 5.74) is 5.43. The molecule has 0 amide bonds. The van der Waals surface area contributed by atoms with E-state index in [9.17, 15) is 5.11 Å². The monoisotopic (exact) mass is 288 g/mol. The molecule has 1 N–H and O–H groups in total. The van der Waals surface area contributed by atoms with Crippen molar-refractivity contribution in [3.63, 3.8) is 0 Å². The highest BCUT2D eigenvalue weighted by molar-refractivity contribution is 5.32. The number of allylic oxidation sites excluding steroid dienone is 3. The van der Waals surface area contributed by atoms with E-state index in [2.05, 4.69) is 27.4 Å². The Bertz CT molecular complexity index is 474. The molecular formula is C20H32O. The molecule has 3 rings (SSSR count). The molecule has 0 heterocycles. The molecule has 3 aliphatic carbocycles. The fourth-order valence-corrected chi connectivity index (χ4v) is 5.89. The van der Waals surface area contributed by atoms with Crippen LogP contribution in [0.5, 0.6) is 0 Å². The lowest BCUT2D eigenvalue weighted by Gasteiger charge is -2.57. The van der Waals surface area contributed by atoms with Crippen molar-refractivity contribution in [2.75, 3.05) is 6.61 Å². The summed E-state index contributed by atoms with van der Waals surface area (Å²) in [6, 6.07) is 0. The van der Waals surface area contributed by atoms with Crippen molar-refractivity contribution in [1.29, 1.82) is 0 Å². The van der Waals surface area contributed by atoms with Crippen LogP contribution < -0.4 is 0 Å². The van der Waals surface area contributed by atoms with Gasteiger partial charge in [-0.15, -0.1) is 0 Å². The number of aliphatic hydroxyl groups excluding tert-OH is 1. The second kappa shape index (κ2) is 5.26. The highest BCUT2D eigenvalue weighted by atomic mass is 16.3. The molecule has 1 saturated carbocycles. The second-order valence-corrected chi connectivity index (χ2v) is 8.54. The van der Waals surface area contributed by atoms with Gasteiger partial charge < -0.3 is 5.11 Å². The Hall–Kier alpha value is -0.560. The van der Waals surface area contributed by atoms with Gasteiger partial charge in [0.2, 0.25) is 0 Å². The molecule has 1 heteroatoms. The summed E-state index contributed by atoms with van der Waals surface area (Å²) in [6.07, 6.45) is 10.2. The van der Waals surface area contributed by atoms with Gasteiger partial charge in [0, 0.05) is 6.61 Å². The first-order chi connectivity index (χ1) is 9.90. The third-order valence-electron chi connectivity index (χ3n) is 7.20. The van der Waals surface area contributed by atoms with E-state index in [-0.39, 0.29) is 5.41 Å². The molecule has 118 valence electrons. The van der Waals surface area contributed by atoms with E-state index in [1.54, 1.807) is 11.1 Å². The molecular weight excluding hydrogens is 256 g/mol. The summed E-state index contributed by atoms with van der Waals surface area (Å²) < 4.78 is 0. The van der Waals surface area contributed by atoms with Crippen molar-refractivity contribution in [2.24, 2.45) is 22.7 Å². The third-order valence-corrected chi connectivity index (χ3v) is 7.20. The zero-order chi connectivity index (χ0) is 15.3. The number of aliphatic hydroxyl groups is 1. The summed E-state index contributed by atoms with van der Waals surface area (Å²) in [6.45, 7) is 11.6. The van der Waals surface area contributed by atoms with Crippen molar-refractivity contribution < 1.29 is 5.11 Å². The van der Waals surface area contributed by atoms with E-state index in [1.165, 1.54) is 56.9 Å². The molecule has 1 fully saturated rings. The van der Waals surface area contributed by atoms with Gasteiger partial charge in [-0.1, -0.05) is 43.6 Å². The molecule has 0 aromatic rings. The summed E-state index contributed by atoms with van der Waals surface area (Å²) in [5.74, 6) is 1.40. The summed E-state index contributed by atoms with van der Waals surface area (Å²) in [4.78, 5) is 0. The molecule has 4 atom stereocenters. The van der Waals surface area contributed by atoms with Crippen molar-refractivity contribution in [3.8, 4) is 0 Å². The summed E-state index contributed by atoms with van der Waals surface area (Å²) >= 11 is 0. The maximum atomic E-state index is 9.99. The minimum atomic E-state index is 0.150. The minimum Gasteiger partial charge on any atom is -0.396 e. The SMILES string of the molecule is C=C(C)[C@@H]1CCC2=C(CC[C@@H]3[C@@](C)(CO)CCC[C@]23C)C1. The third kappa shape index (κ3) is 2.32. The van der Waals surface area contributed by atoms with Gasteiger partial charge in [0.05, 0.1) is 0 Å². The molecule has 0 bridgehead atoms. The lowest BCUT2D eigenvalue weighted by Crippen LogP contribution is -2.49. The highest BCUT2D eigenvalue weighted by Gasteiger charge is 2.52. The lowest BCUT2D eigenvalue weighted by atomic mass is 9.48. The quantitative estimate of drug-likeness (QED) is 0.687. The van der Waals surface area contributed by atoms with Crippen LogP contribution in [0.15, 0.2) is 23.3 Å². The topological polar surface area (TPSA) is 20.2 Å². The van der Waals surface area contributed by atoms with Crippen LogP contribution in [-0.2, 0) is 0 Å². The van der Waals surface area contributed by atoms with Gasteiger partial charge in [-0.2, -0.15) is 0 Å². The van der Waals surface area contributed by atoms with Crippen molar-refractivity contribution in [3.05, 3.63) is 23.3 Å². The zero-order valence-electron chi connectivity index (χ0n) is 14.2. The fourth-order valence-electron chi connectivity index (χ4n) is 5.89. The Labute approximate surface area is 130 Å². The van der Waals surface area contributed by atoms with Crippen LogP contribution in [0, 0.1) is 22.7 Å². The Morgan fingerprint density at radius 1 is 1.24 bits per heavy atom. The molecule has 0 aromatic carbocycles. The molecule has 0 spiro atoms. The van der Waals surface area contributed by atoms with Crippen LogP contribution in [0.25, 0.3) is 0 Å². The molecule has 0 radical (unpaired) electrons. The Morgan fingerprint density at radius 3 is 2.67 bits per heavy atom. The molecule has 1 nitrogen and oxygen atoms in total. The standard InChI is InChI=1S/C20H32O/c1-14(2)15-6-8-17-16(12-15)7-9-18-19(3,13-21)10-5-11-20(17,18)4/h15,18,21H,1,5-13H2,2-4H3/t15-,18-,19-,20-/m1/s1. The summed E-state index contributed by atoms with van der Waals surface area (Å²) in [7, 11) is 0. The first kappa shape index (κ1) is 15.3. The van der Waals surface area contributed by atoms with Crippen LogP contribution in [0.2, 0.25) is 0 Å². The van der Waals surface area contributed by atoms with E-state index in [4.69, 9.17) is 0 Å². The first-order valence-corrected chi connectivity index (χ1v) is 8.88. The minimum absolute atomic E-state index is 0.150. The van der Waals surface area contributed by atoms with E-state index in [0.29, 0.717) is 17.9 Å². The predicted molar refractivity (Wildman–Crippen MR) is 89.1 cm³/mol. The zero-order valence-corrected chi connectivity index (χ0v) is 14.2. The molecule has 0 aromatic heterocycles. The van der Waals surface area contributed by atoms with Crippen molar-refractivity contribution >= 4 is 0 Å². The lowest BCUT2D eigenvalue weighted by molar-refractivity contribution is -0.0406. The maximum absolute atomic E-state index is 9.99. The van der Waals surface area contributed by atoms with Gasteiger partial charge >= 0.3 is 0 Å². The van der Waals surface area contributed by atoms with E-state index in [1.807, 2.05) is 0 Å². The molecule has 3 aliphatic rings. The van der Waals surface area contributed by atoms with Gasteiger partial charge in [-0.3, -0.25) is 0 Å². The van der Waals surface area contributed by atoms with Crippen LogP contribution >= 0.6 is 0 Å². The average molecular weight is 288 g/mol. The summed E-state index contributed by atoms with van der Waals surface area (Å²) in [5, 5.41) is 9.99. The van der Waals surface area contributed by atoms with Crippen LogP contribution in [-0.4, -0.2) is 11.7 Å². The van der Waals surface area contributed by atoms with Gasteiger partial charge in [0.1, 0.15) is 0 Å². The van der Waals surface area contributed by atoms with E-state index < -0.39 is 0 Å². The van der Waals surface area contributed by atoms with Gasteiger partial charge in [0.25, 0.3) is 0 Å². The number of rotatable bonds is 2. The average Bonchev–Trinajstić information content (AvgIpc) is 2.46. The van der Waals surface area contributed by atoms with Gasteiger partial charge in [-0.05, 0) is 74.5 Å². The predicted octanol–water partition coefficient (Wildman–Crippen LogP) is 5.26. The molecule has 21 heavy (non-hydrogen) atoms. The smallest absolute Gasteiger partial charge is 0.0487 e. The maximum Gasteiger partial charge on any atom is 0.0487 e. The van der Waals surface area contributed by atoms with E-state index in [0.717, 1.165) is 5.92 Å². The first-order valence-electron chi connectivity index (χ1n) is 8.88. The van der Waals surface area contributed by atoms with Gasteiger partial charge in [0.15, 0.2) is 0 Å². The fraction of sp³-hybridized carbons (Fsp3) is 0.800. The Morgan fingerprint density at radius 2 is 2.00 bits per heavy atom. The van der Waals surface area contributed by atoms with Crippen molar-refractivity contribution in [2.45, 2.75) is 72.1 Å². The molecule has 0 aliphatic heterocycles. The van der Waals surface area contributed by atoms with Crippen LogP contribution in [0.3, 0.4) is 0 Å². The number of hydrogen-bond acceptors (Lipinski definition) is 1. The molecule has 0 unspecified atom stereocenters. The largest absolute Gasteiger partial charge is 0.396 e. The number of hydrogen-bond donors (Lipinski definition) is 1. The molecule has 0 saturated heterocycles. The van der Waals surface area contributed by atoms with E-state index >= 15 is 0 Å². The van der Waals surface area contributed by atoms with Crippen molar-refractivity contribution in [1.82, 2.24) is 0 Å². The number of fused-ring (bicyclic) bond motifs is 2. The Kier molecular flexibility index (Phi) is 3.84. The second-order valence-electron chi connectivity index (χ2n) is 8.54. The van der Waals surface area contributed by atoms with Crippen LogP contribution in [0.1, 0.15) is 72.1 Å².